The Hall–Kier alpha value is -3.34. The van der Waals surface area contributed by atoms with Gasteiger partial charge in [0, 0.05) is 36.7 Å². The Bertz CT molecular complexity index is 1060. The number of piperidine rings is 1. The fourth-order valence-corrected chi connectivity index (χ4v) is 3.86. The van der Waals surface area contributed by atoms with Gasteiger partial charge >= 0.3 is 0 Å². The fourth-order valence-electron chi connectivity index (χ4n) is 3.86. The molecule has 0 atom stereocenters. The molecule has 1 aromatic heterocycles. The highest BCUT2D eigenvalue weighted by atomic mass is 16.1. The van der Waals surface area contributed by atoms with E-state index in [0.29, 0.717) is 17.1 Å². The molecule has 152 valence electrons. The van der Waals surface area contributed by atoms with Gasteiger partial charge in [0.05, 0.1) is 0 Å². The summed E-state index contributed by atoms with van der Waals surface area (Å²) in [6.07, 6.45) is 3.61. The minimum atomic E-state index is -0.110. The van der Waals surface area contributed by atoms with Gasteiger partial charge in [0.15, 0.2) is 17.4 Å². The summed E-state index contributed by atoms with van der Waals surface area (Å²) in [6.45, 7) is 3.40. The highest BCUT2D eigenvalue weighted by molar-refractivity contribution is 6.00. The number of hydrogen-bond donors (Lipinski definition) is 0. The second kappa shape index (κ2) is 8.99. The van der Waals surface area contributed by atoms with Crippen molar-refractivity contribution >= 4 is 17.4 Å². The standard InChI is InChI=1S/C25H25N3O2/c1-18(29)21-13-7-6-12-20(21)16-23(30)22-17-24(28-14-8-3-9-15-28)27-25(26-22)19-10-4-2-5-11-19/h2,4-7,10-13,17H,3,8-9,14-16H2,1H3. The first kappa shape index (κ1) is 20.0. The largest absolute Gasteiger partial charge is 0.356 e. The Morgan fingerprint density at radius 2 is 1.60 bits per heavy atom. The Morgan fingerprint density at radius 1 is 0.900 bits per heavy atom. The number of nitrogens with zero attached hydrogens (tertiary/aromatic N) is 3. The van der Waals surface area contributed by atoms with E-state index >= 15 is 0 Å². The number of carbonyl (C=O) groups excluding carboxylic acids is 2. The van der Waals surface area contributed by atoms with E-state index in [-0.39, 0.29) is 18.0 Å². The van der Waals surface area contributed by atoms with Crippen LogP contribution in [0.3, 0.4) is 0 Å². The lowest BCUT2D eigenvalue weighted by molar-refractivity contribution is 0.0987. The summed E-state index contributed by atoms with van der Waals surface area (Å²) in [5, 5.41) is 0. The number of hydrogen-bond acceptors (Lipinski definition) is 5. The van der Waals surface area contributed by atoms with Crippen LogP contribution in [0.5, 0.6) is 0 Å². The molecule has 1 fully saturated rings. The summed E-state index contributed by atoms with van der Waals surface area (Å²) in [7, 11) is 0. The second-order valence-corrected chi connectivity index (χ2v) is 7.66. The lowest BCUT2D eigenvalue weighted by Crippen LogP contribution is -2.30. The zero-order valence-corrected chi connectivity index (χ0v) is 17.2. The van der Waals surface area contributed by atoms with Gasteiger partial charge in [0.1, 0.15) is 11.5 Å². The first-order valence-electron chi connectivity index (χ1n) is 10.4. The number of aromatic nitrogens is 2. The number of carbonyl (C=O) groups is 2. The van der Waals surface area contributed by atoms with Crippen LogP contribution >= 0.6 is 0 Å². The molecular weight excluding hydrogens is 374 g/mol. The molecule has 4 rings (SSSR count). The van der Waals surface area contributed by atoms with Gasteiger partial charge in [-0.25, -0.2) is 9.97 Å². The van der Waals surface area contributed by atoms with Gasteiger partial charge in [-0.15, -0.1) is 0 Å². The third-order valence-corrected chi connectivity index (χ3v) is 5.46. The zero-order chi connectivity index (χ0) is 20.9. The average molecular weight is 399 g/mol. The van der Waals surface area contributed by atoms with Crippen molar-refractivity contribution in [3.63, 3.8) is 0 Å². The smallest absolute Gasteiger partial charge is 0.185 e. The molecule has 2 aromatic carbocycles. The average Bonchev–Trinajstić information content (AvgIpc) is 2.80. The van der Waals surface area contributed by atoms with Crippen LogP contribution in [0, 0.1) is 0 Å². The lowest BCUT2D eigenvalue weighted by Gasteiger charge is -2.28. The van der Waals surface area contributed by atoms with E-state index in [1.807, 2.05) is 48.5 Å². The van der Waals surface area contributed by atoms with Crippen molar-refractivity contribution in [1.29, 1.82) is 0 Å². The summed E-state index contributed by atoms with van der Waals surface area (Å²) < 4.78 is 0. The van der Waals surface area contributed by atoms with Crippen molar-refractivity contribution in [2.75, 3.05) is 18.0 Å². The van der Waals surface area contributed by atoms with Crippen LogP contribution in [0.4, 0.5) is 5.82 Å². The number of benzene rings is 2. The molecule has 0 radical (unpaired) electrons. The quantitative estimate of drug-likeness (QED) is 0.559. The van der Waals surface area contributed by atoms with E-state index in [9.17, 15) is 9.59 Å². The van der Waals surface area contributed by atoms with Crippen LogP contribution in [0.2, 0.25) is 0 Å². The van der Waals surface area contributed by atoms with Crippen LogP contribution in [0.25, 0.3) is 11.4 Å². The highest BCUT2D eigenvalue weighted by Crippen LogP contribution is 2.24. The molecule has 0 spiro atoms. The maximum atomic E-state index is 13.2. The van der Waals surface area contributed by atoms with Crippen LogP contribution < -0.4 is 4.90 Å². The maximum absolute atomic E-state index is 13.2. The Morgan fingerprint density at radius 3 is 2.33 bits per heavy atom. The zero-order valence-electron chi connectivity index (χ0n) is 17.2. The number of anilines is 1. The Labute approximate surface area is 176 Å². The van der Waals surface area contributed by atoms with Gasteiger partial charge in [-0.2, -0.15) is 0 Å². The van der Waals surface area contributed by atoms with Crippen LogP contribution in [-0.4, -0.2) is 34.6 Å². The molecule has 1 aliphatic rings. The summed E-state index contributed by atoms with van der Waals surface area (Å²) in [6, 6.07) is 18.8. The van der Waals surface area contributed by atoms with Crippen molar-refractivity contribution in [1.82, 2.24) is 9.97 Å². The summed E-state index contributed by atoms with van der Waals surface area (Å²) in [5.41, 5.74) is 2.59. The normalized spacial score (nSPS) is 13.8. The predicted molar refractivity (Wildman–Crippen MR) is 118 cm³/mol. The molecule has 1 saturated heterocycles. The van der Waals surface area contributed by atoms with E-state index in [2.05, 4.69) is 9.88 Å². The molecule has 0 N–H and O–H groups in total. The molecule has 0 aliphatic carbocycles. The fraction of sp³-hybridized carbons (Fsp3) is 0.280. The number of Topliss-reactive ketones (excluding diaryl/α,β-unsaturated/α-hetero) is 2. The van der Waals surface area contributed by atoms with E-state index in [1.54, 1.807) is 12.1 Å². The van der Waals surface area contributed by atoms with E-state index in [1.165, 1.54) is 13.3 Å². The summed E-state index contributed by atoms with van der Waals surface area (Å²) in [5.74, 6) is 1.20. The van der Waals surface area contributed by atoms with E-state index in [0.717, 1.165) is 42.9 Å². The van der Waals surface area contributed by atoms with Crippen molar-refractivity contribution < 1.29 is 9.59 Å². The molecule has 2 heterocycles. The van der Waals surface area contributed by atoms with Crippen molar-refractivity contribution in [3.05, 3.63) is 77.5 Å². The third-order valence-electron chi connectivity index (χ3n) is 5.46. The van der Waals surface area contributed by atoms with Crippen molar-refractivity contribution in [2.45, 2.75) is 32.6 Å². The SMILES string of the molecule is CC(=O)c1ccccc1CC(=O)c1cc(N2CCCCC2)nc(-c2ccccc2)n1. The first-order chi connectivity index (χ1) is 14.6. The van der Waals surface area contributed by atoms with Crippen LogP contribution in [0.1, 0.15) is 52.6 Å². The van der Waals surface area contributed by atoms with Crippen LogP contribution in [-0.2, 0) is 6.42 Å². The third kappa shape index (κ3) is 4.46. The number of ketones is 2. The highest BCUT2D eigenvalue weighted by Gasteiger charge is 2.19. The maximum Gasteiger partial charge on any atom is 0.185 e. The molecule has 0 saturated carbocycles. The minimum absolute atomic E-state index is 0.0416. The monoisotopic (exact) mass is 399 g/mol. The number of rotatable bonds is 6. The molecule has 3 aromatic rings. The van der Waals surface area contributed by atoms with Gasteiger partial charge < -0.3 is 4.90 Å². The van der Waals surface area contributed by atoms with Crippen molar-refractivity contribution in [3.8, 4) is 11.4 Å². The van der Waals surface area contributed by atoms with Crippen molar-refractivity contribution in [2.24, 2.45) is 0 Å². The molecule has 0 unspecified atom stereocenters. The van der Waals surface area contributed by atoms with Gasteiger partial charge in [0.25, 0.3) is 0 Å². The van der Waals surface area contributed by atoms with Gasteiger partial charge in [0.2, 0.25) is 0 Å². The first-order valence-corrected chi connectivity index (χ1v) is 10.4. The Balaban J connectivity index is 1.71. The molecule has 1 aliphatic heterocycles. The van der Waals surface area contributed by atoms with Gasteiger partial charge in [-0.05, 0) is 31.7 Å². The topological polar surface area (TPSA) is 63.2 Å². The summed E-state index contributed by atoms with van der Waals surface area (Å²) in [4.78, 5) is 36.7. The van der Waals surface area contributed by atoms with Crippen LogP contribution in [0.15, 0.2) is 60.7 Å². The Kier molecular flexibility index (Phi) is 5.98. The lowest BCUT2D eigenvalue weighted by atomic mass is 9.98. The van der Waals surface area contributed by atoms with E-state index < -0.39 is 0 Å². The molecular formula is C25H25N3O2. The second-order valence-electron chi connectivity index (χ2n) is 7.66. The van der Waals surface area contributed by atoms with Gasteiger partial charge in [-0.3, -0.25) is 9.59 Å². The molecule has 0 amide bonds. The summed E-state index contributed by atoms with van der Waals surface area (Å²) >= 11 is 0. The minimum Gasteiger partial charge on any atom is -0.356 e. The molecule has 5 nitrogen and oxygen atoms in total. The predicted octanol–water partition coefficient (Wildman–Crippen LogP) is 4.76. The molecule has 5 heteroatoms. The molecule has 30 heavy (non-hydrogen) atoms. The van der Waals surface area contributed by atoms with E-state index in [4.69, 9.17) is 4.98 Å². The molecule has 0 bridgehead atoms. The van der Waals surface area contributed by atoms with Gasteiger partial charge in [-0.1, -0.05) is 54.6 Å².